The van der Waals surface area contributed by atoms with Crippen molar-refractivity contribution in [2.24, 2.45) is 0 Å². The topological polar surface area (TPSA) is 42.3 Å². The Morgan fingerprint density at radius 2 is 1.75 bits per heavy atom. The molecular weight excluding hydrogens is 252 g/mol. The molecule has 2 aromatic rings. The van der Waals surface area contributed by atoms with Crippen LogP contribution in [-0.2, 0) is 4.79 Å². The molecule has 0 fully saturated rings. The van der Waals surface area contributed by atoms with Gasteiger partial charge in [0, 0.05) is 37.5 Å². The van der Waals surface area contributed by atoms with E-state index < -0.39 is 0 Å². The van der Waals surface area contributed by atoms with E-state index in [2.05, 4.69) is 0 Å². The summed E-state index contributed by atoms with van der Waals surface area (Å²) < 4.78 is 1.63. The van der Waals surface area contributed by atoms with E-state index in [4.69, 9.17) is 0 Å². The fourth-order valence-electron chi connectivity index (χ4n) is 2.37. The molecule has 0 unspecified atom stereocenters. The number of carbonyl (C=O) groups is 2. The van der Waals surface area contributed by atoms with Gasteiger partial charge in [-0.05, 0) is 26.0 Å². The molecule has 0 aliphatic carbocycles. The average molecular weight is 272 g/mol. The van der Waals surface area contributed by atoms with Crippen molar-refractivity contribution in [3.63, 3.8) is 0 Å². The van der Waals surface area contributed by atoms with Gasteiger partial charge in [0.05, 0.1) is 5.52 Å². The second-order valence-electron chi connectivity index (χ2n) is 4.70. The molecular formula is C16H20N2O2. The van der Waals surface area contributed by atoms with Gasteiger partial charge < -0.3 is 4.90 Å². The Morgan fingerprint density at radius 3 is 2.45 bits per heavy atom. The van der Waals surface area contributed by atoms with Crippen LogP contribution in [0.2, 0.25) is 0 Å². The number of nitrogens with zero attached hydrogens (tertiary/aromatic N) is 2. The first-order chi connectivity index (χ1) is 9.67. The fraction of sp³-hybridized carbons (Fsp3) is 0.375. The van der Waals surface area contributed by atoms with E-state index in [1.807, 2.05) is 44.2 Å². The van der Waals surface area contributed by atoms with Gasteiger partial charge in [-0.25, -0.2) is 0 Å². The van der Waals surface area contributed by atoms with Crippen LogP contribution in [0.4, 0.5) is 0 Å². The minimum atomic E-state index is -0.0355. The van der Waals surface area contributed by atoms with Crippen LogP contribution in [0.15, 0.2) is 36.5 Å². The Kier molecular flexibility index (Phi) is 4.56. The maximum atomic E-state index is 12.2. The highest BCUT2D eigenvalue weighted by molar-refractivity contribution is 5.93. The molecule has 4 nitrogen and oxygen atoms in total. The van der Waals surface area contributed by atoms with Crippen molar-refractivity contribution < 1.29 is 9.59 Å². The van der Waals surface area contributed by atoms with Crippen molar-refractivity contribution in [2.45, 2.75) is 26.7 Å². The van der Waals surface area contributed by atoms with E-state index in [1.165, 1.54) is 0 Å². The summed E-state index contributed by atoms with van der Waals surface area (Å²) in [7, 11) is 0. The summed E-state index contributed by atoms with van der Waals surface area (Å²) >= 11 is 0. The van der Waals surface area contributed by atoms with Crippen LogP contribution >= 0.6 is 0 Å². The van der Waals surface area contributed by atoms with Gasteiger partial charge in [0.1, 0.15) is 0 Å². The third-order valence-corrected chi connectivity index (χ3v) is 3.54. The number of fused-ring (bicyclic) bond motifs is 1. The van der Waals surface area contributed by atoms with E-state index in [9.17, 15) is 9.59 Å². The number of hydrogen-bond acceptors (Lipinski definition) is 2. The zero-order valence-corrected chi connectivity index (χ0v) is 12.0. The van der Waals surface area contributed by atoms with Crippen LogP contribution in [0.3, 0.4) is 0 Å². The summed E-state index contributed by atoms with van der Waals surface area (Å²) in [5.74, 6) is 0.00604. The molecule has 0 saturated carbocycles. The molecule has 1 aromatic heterocycles. The largest absolute Gasteiger partial charge is 0.343 e. The molecule has 1 heterocycles. The number of benzene rings is 1. The molecule has 1 amide bonds. The highest BCUT2D eigenvalue weighted by Gasteiger charge is 2.14. The van der Waals surface area contributed by atoms with Crippen molar-refractivity contribution in [3.05, 3.63) is 36.5 Å². The molecule has 0 saturated heterocycles. The first-order valence-electron chi connectivity index (χ1n) is 7.04. The maximum Gasteiger partial charge on any atom is 0.231 e. The number of amides is 1. The van der Waals surface area contributed by atoms with E-state index in [-0.39, 0.29) is 24.7 Å². The van der Waals surface area contributed by atoms with Crippen molar-refractivity contribution in [1.82, 2.24) is 9.47 Å². The Morgan fingerprint density at radius 1 is 1.05 bits per heavy atom. The van der Waals surface area contributed by atoms with Gasteiger partial charge in [-0.2, -0.15) is 0 Å². The average Bonchev–Trinajstić information content (AvgIpc) is 2.90. The van der Waals surface area contributed by atoms with Crippen LogP contribution in [0, 0.1) is 0 Å². The summed E-state index contributed by atoms with van der Waals surface area (Å²) in [4.78, 5) is 25.9. The van der Waals surface area contributed by atoms with Crippen LogP contribution in [0.25, 0.3) is 10.9 Å². The third kappa shape index (κ3) is 2.90. The summed E-state index contributed by atoms with van der Waals surface area (Å²) in [6, 6.07) is 9.66. The number of para-hydroxylation sites is 1. The third-order valence-electron chi connectivity index (χ3n) is 3.54. The molecule has 1 aromatic carbocycles. The minimum Gasteiger partial charge on any atom is -0.343 e. The van der Waals surface area contributed by atoms with Gasteiger partial charge in [0.15, 0.2) is 0 Å². The van der Waals surface area contributed by atoms with Gasteiger partial charge in [-0.15, -0.1) is 0 Å². The molecule has 106 valence electrons. The lowest BCUT2D eigenvalue weighted by Gasteiger charge is -2.18. The summed E-state index contributed by atoms with van der Waals surface area (Å²) in [6.45, 7) is 5.28. The van der Waals surface area contributed by atoms with Gasteiger partial charge in [0.25, 0.3) is 0 Å². The SMILES string of the molecule is CCN(CC)C(=O)CCC(=O)n1ccc2ccccc21. The minimum absolute atomic E-state index is 0.0355. The van der Waals surface area contributed by atoms with Crippen LogP contribution in [0.1, 0.15) is 31.5 Å². The van der Waals surface area contributed by atoms with E-state index in [1.54, 1.807) is 15.7 Å². The molecule has 0 spiro atoms. The van der Waals surface area contributed by atoms with Crippen LogP contribution < -0.4 is 0 Å². The van der Waals surface area contributed by atoms with E-state index >= 15 is 0 Å². The van der Waals surface area contributed by atoms with Gasteiger partial charge in [-0.3, -0.25) is 14.2 Å². The highest BCUT2D eigenvalue weighted by atomic mass is 16.2. The zero-order valence-electron chi connectivity index (χ0n) is 12.0. The fourth-order valence-corrected chi connectivity index (χ4v) is 2.37. The Balaban J connectivity index is 2.04. The lowest BCUT2D eigenvalue weighted by molar-refractivity contribution is -0.130. The molecule has 20 heavy (non-hydrogen) atoms. The molecule has 0 bridgehead atoms. The Hall–Kier alpha value is -2.10. The molecule has 0 atom stereocenters. The first kappa shape index (κ1) is 14.3. The number of hydrogen-bond donors (Lipinski definition) is 0. The van der Waals surface area contributed by atoms with Gasteiger partial charge in [0.2, 0.25) is 11.8 Å². The summed E-state index contributed by atoms with van der Waals surface area (Å²) in [6.07, 6.45) is 2.29. The quantitative estimate of drug-likeness (QED) is 0.840. The smallest absolute Gasteiger partial charge is 0.231 e. The lowest BCUT2D eigenvalue weighted by Crippen LogP contribution is -2.30. The molecule has 4 heteroatoms. The van der Waals surface area contributed by atoms with Crippen molar-refractivity contribution in [3.8, 4) is 0 Å². The highest BCUT2D eigenvalue weighted by Crippen LogP contribution is 2.16. The second-order valence-corrected chi connectivity index (χ2v) is 4.70. The summed E-state index contributed by atoms with van der Waals surface area (Å²) in [5.41, 5.74) is 0.896. The normalized spacial score (nSPS) is 10.7. The maximum absolute atomic E-state index is 12.2. The summed E-state index contributed by atoms with van der Waals surface area (Å²) in [5, 5.41) is 1.04. The lowest BCUT2D eigenvalue weighted by atomic mass is 10.2. The van der Waals surface area contributed by atoms with E-state index in [0.29, 0.717) is 13.1 Å². The zero-order chi connectivity index (χ0) is 14.5. The molecule has 0 aliphatic heterocycles. The monoisotopic (exact) mass is 272 g/mol. The molecule has 2 rings (SSSR count). The number of carbonyl (C=O) groups excluding carboxylic acids is 2. The predicted molar refractivity (Wildman–Crippen MR) is 79.7 cm³/mol. The number of aromatic nitrogens is 1. The van der Waals surface area contributed by atoms with Crippen molar-refractivity contribution >= 4 is 22.7 Å². The standard InChI is InChI=1S/C16H20N2O2/c1-3-17(4-2)15(19)9-10-16(20)18-12-11-13-7-5-6-8-14(13)18/h5-8,11-12H,3-4,9-10H2,1-2H3. The molecule has 0 aliphatic rings. The van der Waals surface area contributed by atoms with Gasteiger partial charge in [-0.1, -0.05) is 18.2 Å². The van der Waals surface area contributed by atoms with Crippen LogP contribution in [0.5, 0.6) is 0 Å². The van der Waals surface area contributed by atoms with E-state index in [0.717, 1.165) is 10.9 Å². The number of rotatable bonds is 5. The first-order valence-corrected chi connectivity index (χ1v) is 7.04. The Bertz CT molecular complexity index is 612. The van der Waals surface area contributed by atoms with Crippen molar-refractivity contribution in [2.75, 3.05) is 13.1 Å². The van der Waals surface area contributed by atoms with Crippen LogP contribution in [-0.4, -0.2) is 34.4 Å². The second kappa shape index (κ2) is 6.37. The van der Waals surface area contributed by atoms with Crippen molar-refractivity contribution in [1.29, 1.82) is 0 Å². The molecule has 0 radical (unpaired) electrons. The Labute approximate surface area is 119 Å². The molecule has 0 N–H and O–H groups in total. The van der Waals surface area contributed by atoms with Gasteiger partial charge >= 0.3 is 0 Å². The predicted octanol–water partition coefficient (Wildman–Crippen LogP) is 2.93.